The van der Waals surface area contributed by atoms with Gasteiger partial charge in [-0.25, -0.2) is 5.43 Å². The standard InChI is InChI=1S/C44H46N4O/c1-43(2,3)28-23-24-35-33(25-28)34-26-29(44(4,5)6)27-39(41(34)45-35)48-37-19-12-10-18-32(37)42(46-48)38-21-14-20-36(31-17-11-13-22-40(31)49)47(38)30-15-8-7-9-16-30/h7-25,27,29,38,42,45-46,49H,26H2,1-6H3. The normalized spacial score (nSPS) is 20.7. The first kappa shape index (κ1) is 31.3. The fourth-order valence-corrected chi connectivity index (χ4v) is 7.79. The predicted molar refractivity (Wildman–Crippen MR) is 204 cm³/mol. The Hall–Kier alpha value is -5.00. The van der Waals surface area contributed by atoms with Gasteiger partial charge in [0.25, 0.3) is 0 Å². The number of H-pyrrole nitrogens is 1. The SMILES string of the molecule is CC(C)(C)c1ccc2[nH]c3c(c2c1)CC(C(C)(C)C)C=C3N1NC(C2C=CC=C(c3ccccc3O)N2c2ccccc2)c2ccccc21. The molecule has 0 saturated carbocycles. The highest BCUT2D eigenvalue weighted by atomic mass is 16.3. The van der Waals surface area contributed by atoms with Crippen LogP contribution in [0.3, 0.4) is 0 Å². The van der Waals surface area contributed by atoms with E-state index in [0.29, 0.717) is 5.92 Å². The third-order valence-corrected chi connectivity index (χ3v) is 10.6. The Bertz CT molecular complexity index is 2140. The topological polar surface area (TPSA) is 54.5 Å². The van der Waals surface area contributed by atoms with Crippen molar-refractivity contribution in [3.05, 3.63) is 149 Å². The van der Waals surface area contributed by atoms with Gasteiger partial charge >= 0.3 is 0 Å². The molecule has 4 aromatic carbocycles. The number of hydrazine groups is 1. The first-order chi connectivity index (χ1) is 23.5. The fourth-order valence-electron chi connectivity index (χ4n) is 7.79. The van der Waals surface area contributed by atoms with Gasteiger partial charge in [-0.15, -0.1) is 0 Å². The zero-order valence-corrected chi connectivity index (χ0v) is 29.3. The number of hydrogen-bond donors (Lipinski definition) is 3. The molecule has 0 spiro atoms. The molecule has 3 N–H and O–H groups in total. The minimum Gasteiger partial charge on any atom is -0.507 e. The second-order valence-electron chi connectivity index (χ2n) is 15.9. The van der Waals surface area contributed by atoms with Gasteiger partial charge in [-0.2, -0.15) is 0 Å². The van der Waals surface area contributed by atoms with E-state index in [-0.39, 0.29) is 28.7 Å². The monoisotopic (exact) mass is 646 g/mol. The number of phenolic OH excluding ortho intramolecular Hbond substituents is 1. The summed E-state index contributed by atoms with van der Waals surface area (Å²) in [6.07, 6.45) is 10.0. The van der Waals surface area contributed by atoms with Crippen LogP contribution < -0.4 is 15.3 Å². The summed E-state index contributed by atoms with van der Waals surface area (Å²) in [5, 5.41) is 14.7. The van der Waals surface area contributed by atoms with E-state index in [0.717, 1.165) is 29.1 Å². The molecule has 3 aliphatic rings. The number of nitrogens with one attached hydrogen (secondary N) is 2. The van der Waals surface area contributed by atoms with Gasteiger partial charge in [-0.05, 0) is 88.4 Å². The highest BCUT2D eigenvalue weighted by Gasteiger charge is 2.42. The van der Waals surface area contributed by atoms with Gasteiger partial charge in [0, 0.05) is 22.2 Å². The summed E-state index contributed by atoms with van der Waals surface area (Å²) < 4.78 is 0. The minimum absolute atomic E-state index is 0.0692. The summed E-state index contributed by atoms with van der Waals surface area (Å²) >= 11 is 0. The Morgan fingerprint density at radius 2 is 1.53 bits per heavy atom. The molecule has 2 aliphatic heterocycles. The van der Waals surface area contributed by atoms with Crippen molar-refractivity contribution in [3.8, 4) is 5.75 Å². The second kappa shape index (κ2) is 11.6. The Morgan fingerprint density at radius 3 is 2.29 bits per heavy atom. The highest BCUT2D eigenvalue weighted by molar-refractivity contribution is 5.94. The van der Waals surface area contributed by atoms with Crippen LogP contribution >= 0.6 is 0 Å². The number of phenols is 1. The van der Waals surface area contributed by atoms with Crippen molar-refractivity contribution in [3.63, 3.8) is 0 Å². The molecule has 0 fully saturated rings. The highest BCUT2D eigenvalue weighted by Crippen LogP contribution is 2.48. The molecule has 1 aromatic heterocycles. The van der Waals surface area contributed by atoms with Crippen LogP contribution in [-0.4, -0.2) is 16.1 Å². The van der Waals surface area contributed by atoms with E-state index >= 15 is 0 Å². The molecule has 5 nitrogen and oxygen atoms in total. The quantitative estimate of drug-likeness (QED) is 0.182. The minimum atomic E-state index is -0.0766. The molecular formula is C44H46N4O. The number of aromatic hydroxyl groups is 1. The number of hydrogen-bond acceptors (Lipinski definition) is 4. The first-order valence-corrected chi connectivity index (χ1v) is 17.5. The molecule has 3 atom stereocenters. The predicted octanol–water partition coefficient (Wildman–Crippen LogP) is 10.3. The fraction of sp³-hybridized carbons (Fsp3) is 0.273. The van der Waals surface area contributed by atoms with Crippen LogP contribution in [0.25, 0.3) is 22.3 Å². The molecule has 8 rings (SSSR count). The third-order valence-electron chi connectivity index (χ3n) is 10.6. The lowest BCUT2D eigenvalue weighted by Gasteiger charge is -2.40. The molecule has 5 aromatic rings. The number of allylic oxidation sites excluding steroid dienone is 3. The summed E-state index contributed by atoms with van der Waals surface area (Å²) in [7, 11) is 0. The smallest absolute Gasteiger partial charge is 0.124 e. The number of anilines is 2. The first-order valence-electron chi connectivity index (χ1n) is 17.5. The summed E-state index contributed by atoms with van der Waals surface area (Å²) in [5.74, 6) is 0.623. The largest absolute Gasteiger partial charge is 0.507 e. The average Bonchev–Trinajstić information content (AvgIpc) is 3.66. The van der Waals surface area contributed by atoms with Crippen molar-refractivity contribution in [1.82, 2.24) is 10.4 Å². The number of para-hydroxylation sites is 3. The summed E-state index contributed by atoms with van der Waals surface area (Å²) in [5.41, 5.74) is 15.7. The van der Waals surface area contributed by atoms with E-state index in [1.54, 1.807) is 6.07 Å². The summed E-state index contributed by atoms with van der Waals surface area (Å²) in [6.45, 7) is 14.0. The van der Waals surface area contributed by atoms with Crippen LogP contribution in [0.2, 0.25) is 0 Å². The van der Waals surface area contributed by atoms with Gasteiger partial charge in [0.2, 0.25) is 0 Å². The Labute approximate surface area is 290 Å². The molecule has 49 heavy (non-hydrogen) atoms. The Balaban J connectivity index is 1.26. The van der Waals surface area contributed by atoms with Crippen molar-refractivity contribution in [2.75, 3.05) is 9.91 Å². The van der Waals surface area contributed by atoms with E-state index in [4.69, 9.17) is 0 Å². The second-order valence-corrected chi connectivity index (χ2v) is 15.9. The van der Waals surface area contributed by atoms with Crippen molar-refractivity contribution in [2.24, 2.45) is 11.3 Å². The summed E-state index contributed by atoms with van der Waals surface area (Å²) in [6, 6.07) is 33.7. The molecule has 1 aliphatic carbocycles. The van der Waals surface area contributed by atoms with Crippen LogP contribution in [0.15, 0.2) is 121 Å². The molecule has 5 heteroatoms. The van der Waals surface area contributed by atoms with Crippen LogP contribution in [0.5, 0.6) is 5.75 Å². The van der Waals surface area contributed by atoms with Gasteiger partial charge in [-0.3, -0.25) is 5.01 Å². The van der Waals surface area contributed by atoms with Crippen molar-refractivity contribution >= 4 is 33.7 Å². The van der Waals surface area contributed by atoms with Crippen molar-refractivity contribution in [2.45, 2.75) is 65.5 Å². The van der Waals surface area contributed by atoms with Gasteiger partial charge in [0.1, 0.15) is 5.75 Å². The van der Waals surface area contributed by atoms with Crippen molar-refractivity contribution in [1.29, 1.82) is 0 Å². The number of aromatic amines is 1. The Kier molecular flexibility index (Phi) is 7.38. The number of fused-ring (bicyclic) bond motifs is 4. The van der Waals surface area contributed by atoms with Crippen molar-refractivity contribution < 1.29 is 5.11 Å². The number of rotatable bonds is 4. The maximum Gasteiger partial charge on any atom is 0.124 e. The molecule has 3 heterocycles. The van der Waals surface area contributed by atoms with Gasteiger partial charge in [-0.1, -0.05) is 114 Å². The third kappa shape index (κ3) is 5.37. The van der Waals surface area contributed by atoms with E-state index in [9.17, 15) is 5.11 Å². The van der Waals surface area contributed by atoms with E-state index in [1.165, 1.54) is 39.0 Å². The van der Waals surface area contributed by atoms with Gasteiger partial charge in [0.05, 0.1) is 34.9 Å². The van der Waals surface area contributed by atoms with Gasteiger partial charge in [0.15, 0.2) is 0 Å². The molecule has 0 amide bonds. The summed E-state index contributed by atoms with van der Waals surface area (Å²) in [4.78, 5) is 6.24. The van der Waals surface area contributed by atoms with Crippen LogP contribution in [-0.2, 0) is 11.8 Å². The average molecular weight is 647 g/mol. The lowest BCUT2D eigenvalue weighted by molar-refractivity contribution is 0.290. The van der Waals surface area contributed by atoms with E-state index in [2.05, 4.69) is 159 Å². The van der Waals surface area contributed by atoms with Crippen LogP contribution in [0, 0.1) is 11.3 Å². The Morgan fingerprint density at radius 1 is 0.796 bits per heavy atom. The zero-order valence-electron chi connectivity index (χ0n) is 29.3. The molecule has 248 valence electrons. The lowest BCUT2D eigenvalue weighted by Crippen LogP contribution is -2.46. The van der Waals surface area contributed by atoms with Crippen LogP contribution in [0.1, 0.15) is 75.5 Å². The van der Waals surface area contributed by atoms with Crippen LogP contribution in [0.4, 0.5) is 11.4 Å². The number of aromatic nitrogens is 1. The lowest BCUT2D eigenvalue weighted by atomic mass is 9.73. The zero-order chi connectivity index (χ0) is 34.1. The molecule has 0 saturated heterocycles. The van der Waals surface area contributed by atoms with Gasteiger partial charge < -0.3 is 15.0 Å². The molecule has 0 bridgehead atoms. The number of nitrogens with zero attached hydrogens (tertiary/aromatic N) is 2. The molecular weight excluding hydrogens is 601 g/mol. The number of benzene rings is 4. The molecule has 0 radical (unpaired) electrons. The maximum absolute atomic E-state index is 11.0. The van der Waals surface area contributed by atoms with E-state index < -0.39 is 0 Å². The maximum atomic E-state index is 11.0. The van der Waals surface area contributed by atoms with E-state index in [1.807, 2.05) is 18.2 Å². The molecule has 3 unspecified atom stereocenters.